The van der Waals surface area contributed by atoms with Crippen molar-refractivity contribution in [3.8, 4) is 0 Å². The van der Waals surface area contributed by atoms with E-state index < -0.39 is 0 Å². The molecule has 1 aromatic heterocycles. The van der Waals surface area contributed by atoms with Crippen molar-refractivity contribution < 1.29 is 4.84 Å². The van der Waals surface area contributed by atoms with Crippen LogP contribution in [-0.2, 0) is 4.84 Å². The van der Waals surface area contributed by atoms with Crippen LogP contribution in [0.4, 0.5) is 0 Å². The predicted octanol–water partition coefficient (Wildman–Crippen LogP) is 0.280. The lowest BCUT2D eigenvalue weighted by Gasteiger charge is -2.15. The van der Waals surface area contributed by atoms with Gasteiger partial charge in [-0.25, -0.2) is 9.66 Å². The van der Waals surface area contributed by atoms with E-state index in [1.807, 2.05) is 12.3 Å². The summed E-state index contributed by atoms with van der Waals surface area (Å²) >= 11 is 0. The molecule has 0 aliphatic carbocycles. The minimum Gasteiger partial charge on any atom is -0.372 e. The number of hydrogen-bond acceptors (Lipinski definition) is 3. The molecule has 4 heteroatoms. The van der Waals surface area contributed by atoms with E-state index in [-0.39, 0.29) is 0 Å². The third-order valence-electron chi connectivity index (χ3n) is 1.29. The Balaban J connectivity index is 2.14. The third-order valence-corrected chi connectivity index (χ3v) is 1.29. The summed E-state index contributed by atoms with van der Waals surface area (Å²) in [6.45, 7) is 0.774. The van der Waals surface area contributed by atoms with Gasteiger partial charge in [0.05, 0.1) is 6.54 Å². The highest BCUT2D eigenvalue weighted by molar-refractivity contribution is 4.95. The van der Waals surface area contributed by atoms with Crippen molar-refractivity contribution in [2.75, 3.05) is 11.7 Å². The Kier molecular flexibility index (Phi) is 1.10. The number of aromatic nitrogens is 2. The van der Waals surface area contributed by atoms with Crippen molar-refractivity contribution in [2.45, 2.75) is 0 Å². The SMILES string of the molecule is C1=CON(n2ccnc2)C1. The largest absolute Gasteiger partial charge is 0.372 e. The first-order valence-corrected chi connectivity index (χ1v) is 3.04. The van der Waals surface area contributed by atoms with Gasteiger partial charge >= 0.3 is 0 Å². The van der Waals surface area contributed by atoms with E-state index in [1.165, 1.54) is 0 Å². The maximum absolute atomic E-state index is 5.07. The summed E-state index contributed by atoms with van der Waals surface area (Å²) in [6, 6.07) is 0. The lowest BCUT2D eigenvalue weighted by Crippen LogP contribution is -2.28. The van der Waals surface area contributed by atoms with Gasteiger partial charge in [-0.15, -0.1) is 5.17 Å². The molecule has 4 nitrogen and oxygen atoms in total. The van der Waals surface area contributed by atoms with Crippen LogP contribution in [0.3, 0.4) is 0 Å². The summed E-state index contributed by atoms with van der Waals surface area (Å²) in [4.78, 5) is 8.95. The van der Waals surface area contributed by atoms with E-state index in [0.29, 0.717) is 0 Å². The molecular weight excluding hydrogens is 130 g/mol. The Morgan fingerprint density at radius 3 is 3.10 bits per heavy atom. The van der Waals surface area contributed by atoms with Crippen LogP contribution in [0.25, 0.3) is 0 Å². The van der Waals surface area contributed by atoms with Crippen molar-refractivity contribution in [1.29, 1.82) is 0 Å². The monoisotopic (exact) mass is 137 g/mol. The summed E-state index contributed by atoms with van der Waals surface area (Å²) in [7, 11) is 0. The van der Waals surface area contributed by atoms with Crippen LogP contribution in [0.5, 0.6) is 0 Å². The summed E-state index contributed by atoms with van der Waals surface area (Å²) in [5.41, 5.74) is 0. The number of rotatable bonds is 1. The highest BCUT2D eigenvalue weighted by Gasteiger charge is 2.05. The van der Waals surface area contributed by atoms with E-state index in [0.717, 1.165) is 6.54 Å². The molecule has 1 aliphatic heterocycles. The molecule has 0 saturated carbocycles. The first kappa shape index (κ1) is 5.34. The molecule has 0 atom stereocenters. The average Bonchev–Trinajstić information content (AvgIpc) is 2.59. The normalized spacial score (nSPS) is 15.8. The van der Waals surface area contributed by atoms with Crippen molar-refractivity contribution in [3.63, 3.8) is 0 Å². The predicted molar refractivity (Wildman–Crippen MR) is 35.5 cm³/mol. The van der Waals surface area contributed by atoms with Crippen LogP contribution in [0, 0.1) is 0 Å². The van der Waals surface area contributed by atoms with Gasteiger partial charge < -0.3 is 4.84 Å². The van der Waals surface area contributed by atoms with Crippen LogP contribution in [0.15, 0.2) is 31.1 Å². The minimum atomic E-state index is 0.774. The molecule has 10 heavy (non-hydrogen) atoms. The van der Waals surface area contributed by atoms with Gasteiger partial charge in [-0.2, -0.15) is 0 Å². The fourth-order valence-electron chi connectivity index (χ4n) is 0.822. The molecule has 0 amide bonds. The van der Waals surface area contributed by atoms with Gasteiger partial charge in [0.15, 0.2) is 0 Å². The van der Waals surface area contributed by atoms with Crippen molar-refractivity contribution in [1.82, 2.24) is 9.66 Å². The Hall–Kier alpha value is -1.45. The highest BCUT2D eigenvalue weighted by Crippen LogP contribution is 1.99. The van der Waals surface area contributed by atoms with Gasteiger partial charge in [0.1, 0.15) is 12.6 Å². The molecule has 1 aliphatic rings. The molecular formula is C6H7N3O. The van der Waals surface area contributed by atoms with E-state index in [1.54, 1.807) is 28.6 Å². The van der Waals surface area contributed by atoms with Crippen LogP contribution in [0.1, 0.15) is 0 Å². The van der Waals surface area contributed by atoms with Crippen molar-refractivity contribution >= 4 is 0 Å². The fourth-order valence-corrected chi connectivity index (χ4v) is 0.822. The second-order valence-corrected chi connectivity index (χ2v) is 1.95. The zero-order chi connectivity index (χ0) is 6.81. The molecule has 0 aromatic carbocycles. The standard InChI is InChI=1S/C6H7N3O/c1-3-9(10-5-1)8-4-2-7-6-8/h1-2,4-6H,3H2. The molecule has 0 unspecified atom stereocenters. The van der Waals surface area contributed by atoms with Crippen LogP contribution >= 0.6 is 0 Å². The lowest BCUT2D eigenvalue weighted by atomic mass is 10.7. The highest BCUT2D eigenvalue weighted by atomic mass is 16.7. The molecule has 0 N–H and O–H groups in total. The Bertz CT molecular complexity index is 221. The van der Waals surface area contributed by atoms with Gasteiger partial charge in [-0.1, -0.05) is 0 Å². The maximum atomic E-state index is 5.07. The number of nitrogens with zero attached hydrogens (tertiary/aromatic N) is 3. The fraction of sp³-hybridized carbons (Fsp3) is 0.167. The van der Waals surface area contributed by atoms with Gasteiger partial charge in [-0.05, 0) is 6.08 Å². The molecule has 0 bridgehead atoms. The van der Waals surface area contributed by atoms with Crippen molar-refractivity contribution in [2.24, 2.45) is 0 Å². The third kappa shape index (κ3) is 0.737. The zero-order valence-corrected chi connectivity index (χ0v) is 5.34. The topological polar surface area (TPSA) is 30.3 Å². The summed E-state index contributed by atoms with van der Waals surface area (Å²) in [6.07, 6.45) is 8.81. The summed E-state index contributed by atoms with van der Waals surface area (Å²) in [5, 5.41) is 1.69. The number of hydroxylamine groups is 1. The number of imidazole rings is 1. The van der Waals surface area contributed by atoms with Gasteiger partial charge in [0.25, 0.3) is 0 Å². The Morgan fingerprint density at radius 1 is 1.50 bits per heavy atom. The van der Waals surface area contributed by atoms with E-state index >= 15 is 0 Å². The van der Waals surface area contributed by atoms with Gasteiger partial charge in [0, 0.05) is 12.4 Å². The molecule has 52 valence electrons. The Labute approximate surface area is 58.3 Å². The molecule has 2 rings (SSSR count). The summed E-state index contributed by atoms with van der Waals surface area (Å²) in [5.74, 6) is 0. The van der Waals surface area contributed by atoms with Crippen LogP contribution < -0.4 is 5.17 Å². The molecule has 0 fully saturated rings. The van der Waals surface area contributed by atoms with E-state index in [2.05, 4.69) is 4.98 Å². The average molecular weight is 137 g/mol. The molecule has 0 saturated heterocycles. The lowest BCUT2D eigenvalue weighted by molar-refractivity contribution is 0.172. The molecule has 2 heterocycles. The smallest absolute Gasteiger partial charge is 0.119 e. The zero-order valence-electron chi connectivity index (χ0n) is 5.34. The molecule has 0 spiro atoms. The van der Waals surface area contributed by atoms with Crippen LogP contribution in [-0.4, -0.2) is 16.2 Å². The van der Waals surface area contributed by atoms with Crippen LogP contribution in [0.2, 0.25) is 0 Å². The second kappa shape index (κ2) is 2.06. The first-order chi connectivity index (χ1) is 4.97. The van der Waals surface area contributed by atoms with E-state index in [4.69, 9.17) is 4.84 Å². The maximum Gasteiger partial charge on any atom is 0.119 e. The minimum absolute atomic E-state index is 0.774. The molecule has 0 radical (unpaired) electrons. The first-order valence-electron chi connectivity index (χ1n) is 3.04. The van der Waals surface area contributed by atoms with E-state index in [9.17, 15) is 0 Å². The summed E-state index contributed by atoms with van der Waals surface area (Å²) < 4.78 is 1.78. The number of hydrogen-bond donors (Lipinski definition) is 0. The Morgan fingerprint density at radius 2 is 2.50 bits per heavy atom. The van der Waals surface area contributed by atoms with Gasteiger partial charge in [-0.3, -0.25) is 0 Å². The van der Waals surface area contributed by atoms with Gasteiger partial charge in [0.2, 0.25) is 0 Å². The van der Waals surface area contributed by atoms with Crippen molar-refractivity contribution in [3.05, 3.63) is 31.1 Å². The quantitative estimate of drug-likeness (QED) is 0.557. The molecule has 1 aromatic rings. The second-order valence-electron chi connectivity index (χ2n) is 1.95.